The summed E-state index contributed by atoms with van der Waals surface area (Å²) in [7, 11) is 4.79. The van der Waals surface area contributed by atoms with Crippen LogP contribution in [-0.2, 0) is 20.1 Å². The number of hydrogen-bond donors (Lipinski definition) is 0. The van der Waals surface area contributed by atoms with E-state index < -0.39 is 5.79 Å². The van der Waals surface area contributed by atoms with Crippen molar-refractivity contribution in [2.75, 3.05) is 21.3 Å². The van der Waals surface area contributed by atoms with Crippen LogP contribution in [0.4, 0.5) is 0 Å². The summed E-state index contributed by atoms with van der Waals surface area (Å²) in [6.07, 6.45) is 5.83. The summed E-state index contributed by atoms with van der Waals surface area (Å²) in [6, 6.07) is 5.58. The molecule has 5 nitrogen and oxygen atoms in total. The summed E-state index contributed by atoms with van der Waals surface area (Å²) in [4.78, 5) is 12.3. The number of carbonyl (C=O) groups excluding carboxylic acids is 1. The van der Waals surface area contributed by atoms with Gasteiger partial charge >= 0.3 is 0 Å². The van der Waals surface area contributed by atoms with Crippen molar-refractivity contribution in [1.82, 2.24) is 0 Å². The molecule has 0 radical (unpaired) electrons. The fourth-order valence-electron chi connectivity index (χ4n) is 3.74. The predicted octanol–water partition coefficient (Wildman–Crippen LogP) is 3.75. The minimum atomic E-state index is -1.00. The molecule has 1 aliphatic heterocycles. The molecule has 0 amide bonds. The first kappa shape index (κ1) is 18.3. The number of rotatable bonds is 6. The first-order chi connectivity index (χ1) is 12.5. The summed E-state index contributed by atoms with van der Waals surface area (Å²) in [5.74, 6) is 0.749. The van der Waals surface area contributed by atoms with Crippen molar-refractivity contribution < 1.29 is 23.7 Å². The standard InChI is InChI=1S/C21H24O5/c1-6-7-14-10-16-13(2)21(25-5,26-19(16)12-17(14)22)15-8-9-18(23-3)20(11-15)24-4/h6,8-13,16H,1,7H2,2-5H3/t13-,16?,21?/m1/s1. The lowest BCUT2D eigenvalue weighted by molar-refractivity contribution is -0.209. The monoisotopic (exact) mass is 356 g/mol. The fraction of sp³-hybridized carbons (Fsp3) is 0.381. The number of ether oxygens (including phenoxy) is 4. The van der Waals surface area contributed by atoms with Crippen LogP contribution in [-0.4, -0.2) is 27.1 Å². The third-order valence-corrected chi connectivity index (χ3v) is 5.16. The minimum Gasteiger partial charge on any atom is -0.493 e. The average molecular weight is 356 g/mol. The maximum Gasteiger partial charge on any atom is 0.240 e. The van der Waals surface area contributed by atoms with Crippen molar-refractivity contribution in [3.8, 4) is 11.5 Å². The Balaban J connectivity index is 2.05. The Labute approximate surface area is 153 Å². The van der Waals surface area contributed by atoms with Crippen molar-refractivity contribution in [3.63, 3.8) is 0 Å². The van der Waals surface area contributed by atoms with E-state index in [0.717, 1.165) is 11.1 Å². The van der Waals surface area contributed by atoms with E-state index in [1.165, 1.54) is 0 Å². The molecule has 0 bridgehead atoms. The Morgan fingerprint density at radius 1 is 1.23 bits per heavy atom. The second-order valence-electron chi connectivity index (χ2n) is 6.45. The second-order valence-corrected chi connectivity index (χ2v) is 6.45. The highest BCUT2D eigenvalue weighted by Gasteiger charge is 2.53. The van der Waals surface area contributed by atoms with E-state index in [1.807, 2.05) is 24.3 Å². The molecule has 1 saturated heterocycles. The number of fused-ring (bicyclic) bond motifs is 1. The van der Waals surface area contributed by atoms with Crippen LogP contribution in [0.15, 0.2) is 54.3 Å². The van der Waals surface area contributed by atoms with Crippen LogP contribution in [0.3, 0.4) is 0 Å². The van der Waals surface area contributed by atoms with Gasteiger partial charge < -0.3 is 18.9 Å². The molecule has 0 spiro atoms. The fourth-order valence-corrected chi connectivity index (χ4v) is 3.74. The highest BCUT2D eigenvalue weighted by atomic mass is 16.7. The Kier molecular flexibility index (Phi) is 4.92. The Bertz CT molecular complexity index is 792. The highest BCUT2D eigenvalue weighted by molar-refractivity contribution is 6.05. The molecule has 1 aromatic rings. The lowest BCUT2D eigenvalue weighted by atomic mass is 9.81. The van der Waals surface area contributed by atoms with E-state index in [0.29, 0.717) is 23.7 Å². The molecule has 1 aliphatic carbocycles. The maximum absolute atomic E-state index is 12.3. The molecule has 1 heterocycles. The normalized spacial score (nSPS) is 27.2. The van der Waals surface area contributed by atoms with E-state index in [4.69, 9.17) is 18.9 Å². The van der Waals surface area contributed by atoms with Crippen molar-refractivity contribution >= 4 is 5.78 Å². The van der Waals surface area contributed by atoms with Gasteiger partial charge in [-0.1, -0.05) is 19.1 Å². The van der Waals surface area contributed by atoms with Crippen LogP contribution >= 0.6 is 0 Å². The van der Waals surface area contributed by atoms with E-state index in [9.17, 15) is 4.79 Å². The van der Waals surface area contributed by atoms with Crippen LogP contribution in [0, 0.1) is 11.8 Å². The molecule has 5 heteroatoms. The summed E-state index contributed by atoms with van der Waals surface area (Å²) >= 11 is 0. The molecule has 1 aromatic carbocycles. The summed E-state index contributed by atoms with van der Waals surface area (Å²) < 4.78 is 22.8. The highest BCUT2D eigenvalue weighted by Crippen LogP contribution is 2.52. The van der Waals surface area contributed by atoms with Crippen LogP contribution in [0.5, 0.6) is 11.5 Å². The number of hydrogen-bond acceptors (Lipinski definition) is 5. The molecule has 0 saturated carbocycles. The van der Waals surface area contributed by atoms with Crippen molar-refractivity contribution in [1.29, 1.82) is 0 Å². The second kappa shape index (κ2) is 7.00. The van der Waals surface area contributed by atoms with Crippen molar-refractivity contribution in [2.24, 2.45) is 11.8 Å². The first-order valence-electron chi connectivity index (χ1n) is 8.54. The molecule has 2 unspecified atom stereocenters. The maximum atomic E-state index is 12.3. The largest absolute Gasteiger partial charge is 0.493 e. The summed E-state index contributed by atoms with van der Waals surface area (Å²) in [6.45, 7) is 5.79. The molecule has 0 aromatic heterocycles. The van der Waals surface area contributed by atoms with Crippen LogP contribution < -0.4 is 9.47 Å². The van der Waals surface area contributed by atoms with Crippen LogP contribution in [0.2, 0.25) is 0 Å². The van der Waals surface area contributed by atoms with Gasteiger partial charge in [0.25, 0.3) is 0 Å². The molecule has 1 fully saturated rings. The molecule has 26 heavy (non-hydrogen) atoms. The van der Waals surface area contributed by atoms with Gasteiger partial charge in [-0.05, 0) is 24.6 Å². The lowest BCUT2D eigenvalue weighted by Crippen LogP contribution is -2.34. The minimum absolute atomic E-state index is 0.0318. The molecule has 3 rings (SSSR count). The van der Waals surface area contributed by atoms with E-state index >= 15 is 0 Å². The molecule has 0 N–H and O–H groups in total. The Hall–Kier alpha value is -2.53. The number of carbonyl (C=O) groups is 1. The van der Waals surface area contributed by atoms with Crippen molar-refractivity contribution in [3.05, 3.63) is 59.9 Å². The Morgan fingerprint density at radius 2 is 1.96 bits per heavy atom. The van der Waals surface area contributed by atoms with Crippen molar-refractivity contribution in [2.45, 2.75) is 19.1 Å². The van der Waals surface area contributed by atoms with Gasteiger partial charge in [0.15, 0.2) is 17.3 Å². The molecule has 2 aliphatic rings. The topological polar surface area (TPSA) is 54.0 Å². The summed E-state index contributed by atoms with van der Waals surface area (Å²) in [5, 5.41) is 0. The molecular weight excluding hydrogens is 332 g/mol. The predicted molar refractivity (Wildman–Crippen MR) is 98.0 cm³/mol. The van der Waals surface area contributed by atoms with E-state index in [2.05, 4.69) is 13.5 Å². The number of methoxy groups -OCH3 is 3. The van der Waals surface area contributed by atoms with Crippen LogP contribution in [0.25, 0.3) is 0 Å². The molecule has 138 valence electrons. The van der Waals surface area contributed by atoms with Gasteiger partial charge in [-0.2, -0.15) is 0 Å². The van der Waals surface area contributed by atoms with Gasteiger partial charge in [0, 0.05) is 36.2 Å². The first-order valence-corrected chi connectivity index (χ1v) is 8.54. The van der Waals surface area contributed by atoms with Gasteiger partial charge in [0.2, 0.25) is 5.79 Å². The SMILES string of the molecule is C=CCC1=CC2C(=CC1=O)OC(OC)(c1ccc(OC)c(OC)c1)[C@@H]2C. The van der Waals surface area contributed by atoms with Crippen LogP contribution in [0.1, 0.15) is 18.9 Å². The third-order valence-electron chi connectivity index (χ3n) is 5.16. The molecular formula is C21H24O5. The van der Waals surface area contributed by atoms with E-state index in [-0.39, 0.29) is 17.6 Å². The molecule has 3 atom stereocenters. The lowest BCUT2D eigenvalue weighted by Gasteiger charge is -2.32. The Morgan fingerprint density at radius 3 is 2.58 bits per heavy atom. The van der Waals surface area contributed by atoms with E-state index in [1.54, 1.807) is 33.5 Å². The smallest absolute Gasteiger partial charge is 0.240 e. The van der Waals surface area contributed by atoms with Gasteiger partial charge in [0.1, 0.15) is 5.76 Å². The average Bonchev–Trinajstić information content (AvgIpc) is 2.94. The zero-order valence-electron chi connectivity index (χ0n) is 15.6. The quantitative estimate of drug-likeness (QED) is 0.727. The van der Waals surface area contributed by atoms with Gasteiger partial charge in [-0.25, -0.2) is 0 Å². The van der Waals surface area contributed by atoms with Gasteiger partial charge in [-0.15, -0.1) is 6.58 Å². The van der Waals surface area contributed by atoms with Gasteiger partial charge in [0.05, 0.1) is 14.2 Å². The number of allylic oxidation sites excluding steroid dienone is 4. The number of benzene rings is 1. The zero-order valence-corrected chi connectivity index (χ0v) is 15.6. The summed E-state index contributed by atoms with van der Waals surface area (Å²) in [5.41, 5.74) is 1.55. The van der Waals surface area contributed by atoms with Gasteiger partial charge in [-0.3, -0.25) is 4.79 Å². The zero-order chi connectivity index (χ0) is 18.9. The third kappa shape index (κ3) is 2.72. The number of ketones is 1.